The van der Waals surface area contributed by atoms with Gasteiger partial charge < -0.3 is 4.42 Å². The maximum atomic E-state index is 6.79. The molecule has 0 atom stereocenters. The standard InChI is InChI=1S/C61H39N3O/c1-3-14-40(15-4-1)46-20-9-21-47(36-46)43-30-33-44(34-31-43)59-62-60(52-25-11-23-49(39-52)50-35-32-42-18-7-8-19-45(42)37-50)64-61(63-59)55-28-13-29-56-57(55)54-27-12-26-53(58(54)65-56)51-24-10-22-48(38-51)41-16-5-2-6-17-41/h1-39H. The van der Waals surface area contributed by atoms with Crippen molar-refractivity contribution < 1.29 is 4.42 Å². The SMILES string of the molecule is c1ccc(-c2cccc(-c3ccc(-c4nc(-c5cccc(-c6ccc7ccccc7c6)c5)nc(-c5cccc6oc7c(-c8cccc(-c9ccccc9)c8)cccc7c56)n4)cc3)c2)cc1. The molecule has 304 valence electrons. The summed E-state index contributed by atoms with van der Waals surface area (Å²) < 4.78 is 6.79. The molecule has 0 aliphatic rings. The molecule has 2 heterocycles. The molecule has 2 aromatic heterocycles. The van der Waals surface area contributed by atoms with Crippen LogP contribution >= 0.6 is 0 Å². The van der Waals surface area contributed by atoms with Crippen molar-refractivity contribution in [1.82, 2.24) is 15.0 Å². The number of para-hydroxylation sites is 1. The first kappa shape index (κ1) is 38.0. The van der Waals surface area contributed by atoms with Crippen molar-refractivity contribution in [3.63, 3.8) is 0 Å². The summed E-state index contributed by atoms with van der Waals surface area (Å²) >= 11 is 0. The lowest BCUT2D eigenvalue weighted by molar-refractivity contribution is 0.670. The third-order valence-electron chi connectivity index (χ3n) is 12.3. The summed E-state index contributed by atoms with van der Waals surface area (Å²) in [4.78, 5) is 15.8. The van der Waals surface area contributed by atoms with Gasteiger partial charge in [-0.25, -0.2) is 15.0 Å². The topological polar surface area (TPSA) is 51.8 Å². The highest BCUT2D eigenvalue weighted by molar-refractivity contribution is 6.15. The zero-order valence-electron chi connectivity index (χ0n) is 35.3. The van der Waals surface area contributed by atoms with Crippen LogP contribution in [0, 0.1) is 0 Å². The first-order valence-corrected chi connectivity index (χ1v) is 21.9. The molecule has 10 aromatic carbocycles. The molecule has 0 spiro atoms. The van der Waals surface area contributed by atoms with Crippen LogP contribution in [0.2, 0.25) is 0 Å². The summed E-state index contributed by atoms with van der Waals surface area (Å²) in [6.07, 6.45) is 0. The molecule has 0 saturated heterocycles. The molecule has 4 nitrogen and oxygen atoms in total. The summed E-state index contributed by atoms with van der Waals surface area (Å²) in [7, 11) is 0. The Labute approximate surface area is 376 Å². The van der Waals surface area contributed by atoms with Gasteiger partial charge in [0.1, 0.15) is 11.2 Å². The molecule has 65 heavy (non-hydrogen) atoms. The molecule has 0 radical (unpaired) electrons. The predicted molar refractivity (Wildman–Crippen MR) is 268 cm³/mol. The fraction of sp³-hybridized carbons (Fsp3) is 0. The lowest BCUT2D eigenvalue weighted by Crippen LogP contribution is -2.00. The van der Waals surface area contributed by atoms with Gasteiger partial charge in [-0.15, -0.1) is 0 Å². The van der Waals surface area contributed by atoms with Crippen LogP contribution in [0.3, 0.4) is 0 Å². The minimum atomic E-state index is 0.575. The van der Waals surface area contributed by atoms with Crippen LogP contribution < -0.4 is 0 Å². The third kappa shape index (κ3) is 7.23. The number of hydrogen-bond acceptors (Lipinski definition) is 4. The summed E-state index contributed by atoms with van der Waals surface area (Å²) in [5.74, 6) is 1.76. The minimum Gasteiger partial charge on any atom is -0.455 e. The molecule has 0 aliphatic heterocycles. The van der Waals surface area contributed by atoms with Crippen molar-refractivity contribution >= 4 is 32.7 Å². The number of rotatable bonds is 8. The zero-order chi connectivity index (χ0) is 43.1. The van der Waals surface area contributed by atoms with Gasteiger partial charge in [0.25, 0.3) is 0 Å². The molecular formula is C61H39N3O. The van der Waals surface area contributed by atoms with Gasteiger partial charge in [0.05, 0.1) is 0 Å². The fourth-order valence-corrected chi connectivity index (χ4v) is 9.04. The van der Waals surface area contributed by atoms with Gasteiger partial charge in [-0.05, 0) is 91.2 Å². The van der Waals surface area contributed by atoms with Crippen molar-refractivity contribution in [2.24, 2.45) is 0 Å². The summed E-state index contributed by atoms with van der Waals surface area (Å²) in [6, 6.07) is 82.9. The zero-order valence-corrected chi connectivity index (χ0v) is 35.3. The van der Waals surface area contributed by atoms with E-state index in [-0.39, 0.29) is 0 Å². The number of benzene rings is 10. The van der Waals surface area contributed by atoms with Gasteiger partial charge in [0.2, 0.25) is 0 Å². The molecule has 12 aromatic rings. The van der Waals surface area contributed by atoms with Crippen molar-refractivity contribution in [3.05, 3.63) is 237 Å². The Kier molecular flexibility index (Phi) is 9.46. The molecule has 0 saturated carbocycles. The first-order valence-electron chi connectivity index (χ1n) is 21.9. The van der Waals surface area contributed by atoms with Crippen LogP contribution in [0.5, 0.6) is 0 Å². The van der Waals surface area contributed by atoms with E-state index in [9.17, 15) is 0 Å². The molecule has 0 N–H and O–H groups in total. The van der Waals surface area contributed by atoms with Gasteiger partial charge >= 0.3 is 0 Å². The normalized spacial score (nSPS) is 11.4. The van der Waals surface area contributed by atoms with Crippen molar-refractivity contribution in [3.8, 4) is 89.8 Å². The molecule has 0 bridgehead atoms. The van der Waals surface area contributed by atoms with E-state index in [0.29, 0.717) is 17.5 Å². The van der Waals surface area contributed by atoms with Gasteiger partial charge in [-0.3, -0.25) is 0 Å². The quantitative estimate of drug-likeness (QED) is 0.153. The second-order valence-corrected chi connectivity index (χ2v) is 16.4. The van der Waals surface area contributed by atoms with Crippen LogP contribution in [-0.4, -0.2) is 15.0 Å². The summed E-state index contributed by atoms with van der Waals surface area (Å²) in [5, 5.41) is 4.37. The van der Waals surface area contributed by atoms with Crippen molar-refractivity contribution in [2.75, 3.05) is 0 Å². The van der Waals surface area contributed by atoms with Crippen molar-refractivity contribution in [2.45, 2.75) is 0 Å². The number of aromatic nitrogens is 3. The average Bonchev–Trinajstić information content (AvgIpc) is 3.78. The average molecular weight is 830 g/mol. The second kappa shape index (κ2) is 16.2. The van der Waals surface area contributed by atoms with Gasteiger partial charge in [-0.2, -0.15) is 0 Å². The Hall–Kier alpha value is -8.73. The molecule has 0 amide bonds. The number of furan rings is 1. The Morgan fingerprint density at radius 2 is 0.708 bits per heavy atom. The lowest BCUT2D eigenvalue weighted by Gasteiger charge is -2.11. The molecule has 4 heteroatoms. The molecule has 0 fully saturated rings. The highest BCUT2D eigenvalue weighted by atomic mass is 16.3. The van der Waals surface area contributed by atoms with E-state index in [4.69, 9.17) is 19.4 Å². The summed E-state index contributed by atoms with van der Waals surface area (Å²) in [5.41, 5.74) is 15.6. The Balaban J connectivity index is 0.994. The third-order valence-corrected chi connectivity index (χ3v) is 12.3. The van der Waals surface area contributed by atoms with Gasteiger partial charge in [0, 0.05) is 33.0 Å². The fourth-order valence-electron chi connectivity index (χ4n) is 9.04. The maximum absolute atomic E-state index is 6.79. The Morgan fingerprint density at radius 1 is 0.262 bits per heavy atom. The molecule has 0 unspecified atom stereocenters. The Bertz CT molecular complexity index is 3710. The first-order chi connectivity index (χ1) is 32.2. The smallest absolute Gasteiger partial charge is 0.164 e. The van der Waals surface area contributed by atoms with Crippen molar-refractivity contribution in [1.29, 1.82) is 0 Å². The van der Waals surface area contributed by atoms with Gasteiger partial charge in [0.15, 0.2) is 17.5 Å². The van der Waals surface area contributed by atoms with E-state index in [2.05, 4.69) is 212 Å². The maximum Gasteiger partial charge on any atom is 0.164 e. The monoisotopic (exact) mass is 829 g/mol. The van der Waals surface area contributed by atoms with Crippen LogP contribution in [0.1, 0.15) is 0 Å². The van der Waals surface area contributed by atoms with E-state index >= 15 is 0 Å². The number of fused-ring (bicyclic) bond motifs is 4. The van der Waals surface area contributed by atoms with E-state index in [1.807, 2.05) is 24.3 Å². The van der Waals surface area contributed by atoms with Crippen LogP contribution in [0.25, 0.3) is 123 Å². The number of nitrogens with zero attached hydrogens (tertiary/aromatic N) is 3. The molecule has 12 rings (SSSR count). The summed E-state index contributed by atoms with van der Waals surface area (Å²) in [6.45, 7) is 0. The van der Waals surface area contributed by atoms with E-state index in [1.165, 1.54) is 27.5 Å². The number of hydrogen-bond donors (Lipinski definition) is 0. The minimum absolute atomic E-state index is 0.575. The van der Waals surface area contributed by atoms with E-state index in [1.54, 1.807) is 0 Å². The molecule has 0 aliphatic carbocycles. The van der Waals surface area contributed by atoms with Gasteiger partial charge in [-0.1, -0.05) is 206 Å². The predicted octanol–water partition coefficient (Wildman–Crippen LogP) is 16.3. The largest absolute Gasteiger partial charge is 0.455 e. The van der Waals surface area contributed by atoms with Crippen LogP contribution in [-0.2, 0) is 0 Å². The second-order valence-electron chi connectivity index (χ2n) is 16.4. The van der Waals surface area contributed by atoms with Crippen LogP contribution in [0.4, 0.5) is 0 Å². The highest BCUT2D eigenvalue weighted by Gasteiger charge is 2.20. The lowest BCUT2D eigenvalue weighted by atomic mass is 9.97. The highest BCUT2D eigenvalue weighted by Crippen LogP contribution is 2.41. The van der Waals surface area contributed by atoms with Crippen LogP contribution in [0.15, 0.2) is 241 Å². The van der Waals surface area contributed by atoms with E-state index in [0.717, 1.165) is 77.6 Å². The Morgan fingerprint density at radius 3 is 1.42 bits per heavy atom. The molecular weight excluding hydrogens is 791 g/mol. The van der Waals surface area contributed by atoms with E-state index < -0.39 is 0 Å².